The van der Waals surface area contributed by atoms with Gasteiger partial charge in [0.1, 0.15) is 5.69 Å². The Hall–Kier alpha value is -1.79. The first-order valence-electron chi connectivity index (χ1n) is 6.94. The van der Waals surface area contributed by atoms with Gasteiger partial charge in [0.25, 0.3) is 0 Å². The second-order valence-electron chi connectivity index (χ2n) is 5.26. The minimum absolute atomic E-state index is 0.462. The number of rotatable bonds is 3. The van der Waals surface area contributed by atoms with Gasteiger partial charge in [-0.25, -0.2) is 0 Å². The standard InChI is InChI=1S/C14H19N5O/c1-10-7-15-8-11(2)19(10)9-13-17-14(18-20-13)12-5-3-4-6-16-12/h3-6,10-11,15H,7-9H2,1-2H3. The number of hydrogen-bond acceptors (Lipinski definition) is 6. The largest absolute Gasteiger partial charge is 0.337 e. The minimum atomic E-state index is 0.462. The summed E-state index contributed by atoms with van der Waals surface area (Å²) in [4.78, 5) is 11.1. The van der Waals surface area contributed by atoms with Gasteiger partial charge in [-0.3, -0.25) is 9.88 Å². The third-order valence-corrected chi connectivity index (χ3v) is 3.69. The molecule has 0 bridgehead atoms. The fourth-order valence-electron chi connectivity index (χ4n) is 2.56. The van der Waals surface area contributed by atoms with Crippen LogP contribution in [0.1, 0.15) is 19.7 Å². The Balaban J connectivity index is 1.74. The van der Waals surface area contributed by atoms with E-state index in [0.717, 1.165) is 18.8 Å². The van der Waals surface area contributed by atoms with Gasteiger partial charge in [0, 0.05) is 31.4 Å². The van der Waals surface area contributed by atoms with Crippen LogP contribution in [0.15, 0.2) is 28.9 Å². The number of nitrogens with one attached hydrogen (secondary N) is 1. The molecule has 3 rings (SSSR count). The van der Waals surface area contributed by atoms with Crippen molar-refractivity contribution in [3.8, 4) is 11.5 Å². The van der Waals surface area contributed by atoms with Crippen molar-refractivity contribution in [2.45, 2.75) is 32.5 Å². The normalized spacial score (nSPS) is 23.9. The third kappa shape index (κ3) is 2.71. The molecule has 2 atom stereocenters. The molecule has 0 aromatic carbocycles. The summed E-state index contributed by atoms with van der Waals surface area (Å²) in [5.41, 5.74) is 0.740. The highest BCUT2D eigenvalue weighted by atomic mass is 16.5. The van der Waals surface area contributed by atoms with Gasteiger partial charge < -0.3 is 9.84 Å². The lowest BCUT2D eigenvalue weighted by atomic mass is 10.1. The van der Waals surface area contributed by atoms with Crippen molar-refractivity contribution < 1.29 is 4.52 Å². The summed E-state index contributed by atoms with van der Waals surface area (Å²) in [6.45, 7) is 7.08. The highest BCUT2D eigenvalue weighted by molar-refractivity contribution is 5.46. The van der Waals surface area contributed by atoms with E-state index in [4.69, 9.17) is 4.52 Å². The molecule has 1 N–H and O–H groups in total. The number of aromatic nitrogens is 3. The lowest BCUT2D eigenvalue weighted by molar-refractivity contribution is 0.0947. The van der Waals surface area contributed by atoms with Crippen LogP contribution in [0, 0.1) is 0 Å². The summed E-state index contributed by atoms with van der Waals surface area (Å²) < 4.78 is 5.36. The number of pyridine rings is 1. The second kappa shape index (κ2) is 5.68. The lowest BCUT2D eigenvalue weighted by Gasteiger charge is -2.38. The smallest absolute Gasteiger partial charge is 0.241 e. The first-order chi connectivity index (χ1) is 9.74. The Morgan fingerprint density at radius 1 is 1.30 bits per heavy atom. The van der Waals surface area contributed by atoms with Crippen molar-refractivity contribution >= 4 is 0 Å². The average molecular weight is 273 g/mol. The van der Waals surface area contributed by atoms with E-state index in [1.54, 1.807) is 6.20 Å². The zero-order chi connectivity index (χ0) is 13.9. The zero-order valence-corrected chi connectivity index (χ0v) is 11.8. The molecule has 6 heteroatoms. The Morgan fingerprint density at radius 2 is 2.10 bits per heavy atom. The van der Waals surface area contributed by atoms with Gasteiger partial charge in [0.15, 0.2) is 0 Å². The summed E-state index contributed by atoms with van der Waals surface area (Å²) in [7, 11) is 0. The van der Waals surface area contributed by atoms with Crippen LogP contribution in [0.25, 0.3) is 11.5 Å². The number of nitrogens with zero attached hydrogens (tertiary/aromatic N) is 4. The van der Waals surface area contributed by atoms with E-state index in [-0.39, 0.29) is 0 Å². The molecule has 1 fully saturated rings. The highest BCUT2D eigenvalue weighted by Crippen LogP contribution is 2.16. The van der Waals surface area contributed by atoms with Crippen LogP contribution in [0.5, 0.6) is 0 Å². The second-order valence-corrected chi connectivity index (χ2v) is 5.26. The van der Waals surface area contributed by atoms with Gasteiger partial charge >= 0.3 is 0 Å². The van der Waals surface area contributed by atoms with Crippen LogP contribution < -0.4 is 5.32 Å². The molecule has 1 aliphatic heterocycles. The van der Waals surface area contributed by atoms with Crippen molar-refractivity contribution in [2.24, 2.45) is 0 Å². The molecular weight excluding hydrogens is 254 g/mol. The highest BCUT2D eigenvalue weighted by Gasteiger charge is 2.26. The quantitative estimate of drug-likeness (QED) is 0.909. The molecule has 3 heterocycles. The number of hydrogen-bond donors (Lipinski definition) is 1. The van der Waals surface area contributed by atoms with Crippen molar-refractivity contribution in [1.82, 2.24) is 25.3 Å². The molecule has 2 aromatic rings. The molecule has 1 aliphatic rings. The molecule has 6 nitrogen and oxygen atoms in total. The Morgan fingerprint density at radius 3 is 2.80 bits per heavy atom. The van der Waals surface area contributed by atoms with Crippen LogP contribution in [0.2, 0.25) is 0 Å². The van der Waals surface area contributed by atoms with Crippen LogP contribution in [0.3, 0.4) is 0 Å². The monoisotopic (exact) mass is 273 g/mol. The van der Waals surface area contributed by atoms with Gasteiger partial charge in [-0.2, -0.15) is 4.98 Å². The fourth-order valence-corrected chi connectivity index (χ4v) is 2.56. The van der Waals surface area contributed by atoms with Crippen molar-refractivity contribution in [1.29, 1.82) is 0 Å². The zero-order valence-electron chi connectivity index (χ0n) is 11.8. The lowest BCUT2D eigenvalue weighted by Crippen LogP contribution is -2.54. The van der Waals surface area contributed by atoms with Crippen LogP contribution in [0.4, 0.5) is 0 Å². The molecule has 2 unspecified atom stereocenters. The Bertz CT molecular complexity index is 546. The van der Waals surface area contributed by atoms with Crippen molar-refractivity contribution in [2.75, 3.05) is 13.1 Å². The van der Waals surface area contributed by atoms with Crippen LogP contribution in [-0.4, -0.2) is 45.2 Å². The van der Waals surface area contributed by atoms with E-state index in [1.165, 1.54) is 0 Å². The number of piperazine rings is 1. The average Bonchev–Trinajstić information content (AvgIpc) is 2.93. The molecule has 0 spiro atoms. The maximum Gasteiger partial charge on any atom is 0.241 e. The van der Waals surface area contributed by atoms with Crippen molar-refractivity contribution in [3.05, 3.63) is 30.3 Å². The Labute approximate surface area is 118 Å². The molecule has 0 aliphatic carbocycles. The molecule has 2 aromatic heterocycles. The topological polar surface area (TPSA) is 67.1 Å². The van der Waals surface area contributed by atoms with Crippen LogP contribution in [-0.2, 0) is 6.54 Å². The summed E-state index contributed by atoms with van der Waals surface area (Å²) in [5.74, 6) is 1.20. The van der Waals surface area contributed by atoms with E-state index in [1.807, 2.05) is 18.2 Å². The van der Waals surface area contributed by atoms with Gasteiger partial charge in [-0.1, -0.05) is 11.2 Å². The van der Waals surface area contributed by atoms with Gasteiger partial charge in [-0.15, -0.1) is 0 Å². The third-order valence-electron chi connectivity index (χ3n) is 3.69. The Kier molecular flexibility index (Phi) is 3.75. The maximum absolute atomic E-state index is 5.36. The first-order valence-corrected chi connectivity index (χ1v) is 6.94. The summed E-state index contributed by atoms with van der Waals surface area (Å²) in [6.07, 6.45) is 1.73. The predicted octanol–water partition coefficient (Wildman–Crippen LogP) is 1.31. The van der Waals surface area contributed by atoms with E-state index in [0.29, 0.717) is 30.3 Å². The molecule has 20 heavy (non-hydrogen) atoms. The van der Waals surface area contributed by atoms with Gasteiger partial charge in [0.2, 0.25) is 11.7 Å². The summed E-state index contributed by atoms with van der Waals surface area (Å²) in [6, 6.07) is 6.59. The molecule has 1 saturated heterocycles. The molecule has 0 amide bonds. The van der Waals surface area contributed by atoms with Crippen LogP contribution >= 0.6 is 0 Å². The summed E-state index contributed by atoms with van der Waals surface area (Å²) in [5, 5.41) is 7.42. The van der Waals surface area contributed by atoms with Crippen molar-refractivity contribution in [3.63, 3.8) is 0 Å². The molecular formula is C14H19N5O. The van der Waals surface area contributed by atoms with E-state index in [9.17, 15) is 0 Å². The molecule has 106 valence electrons. The fraction of sp³-hybridized carbons (Fsp3) is 0.500. The molecule has 0 saturated carbocycles. The SMILES string of the molecule is CC1CNCC(C)N1Cc1nc(-c2ccccn2)no1. The first kappa shape index (κ1) is 13.2. The van der Waals surface area contributed by atoms with E-state index in [2.05, 4.69) is 39.2 Å². The van der Waals surface area contributed by atoms with Gasteiger partial charge in [-0.05, 0) is 26.0 Å². The van der Waals surface area contributed by atoms with E-state index < -0.39 is 0 Å². The predicted molar refractivity (Wildman–Crippen MR) is 74.9 cm³/mol. The summed E-state index contributed by atoms with van der Waals surface area (Å²) >= 11 is 0. The van der Waals surface area contributed by atoms with Gasteiger partial charge in [0.05, 0.1) is 6.54 Å². The maximum atomic E-state index is 5.36. The minimum Gasteiger partial charge on any atom is -0.337 e. The van der Waals surface area contributed by atoms with E-state index >= 15 is 0 Å². The molecule has 0 radical (unpaired) electrons.